The van der Waals surface area contributed by atoms with E-state index in [1.165, 1.54) is 0 Å². The molecule has 0 fully saturated rings. The fraction of sp³-hybridized carbons (Fsp3) is 0. The molecule has 0 aliphatic carbocycles. The third-order valence-corrected chi connectivity index (χ3v) is 1.57. The van der Waals surface area contributed by atoms with Gasteiger partial charge in [0, 0.05) is 6.20 Å². The average molecular weight is 132 g/mol. The molecule has 0 N–H and O–H groups in total. The zero-order valence-electron chi connectivity index (χ0n) is 3.50. The molecule has 1 heterocycles. The molecule has 0 aromatic carbocycles. The molecule has 0 bridgehead atoms. The Balaban J connectivity index is 3.02. The highest BCUT2D eigenvalue weighted by molar-refractivity contribution is 7.33. The van der Waals surface area contributed by atoms with Gasteiger partial charge in [-0.1, -0.05) is 19.8 Å². The van der Waals surface area contributed by atoms with Crippen LogP contribution in [0.5, 0.6) is 0 Å². The van der Waals surface area contributed by atoms with Crippen molar-refractivity contribution in [2.75, 3.05) is 0 Å². The number of rotatable bonds is 0. The standard InChI is InChI=1S/C4H3ClNP/c5-4-3-6-1-2-7-4/h1-3H. The quantitative estimate of drug-likeness (QED) is 0.527. The van der Waals surface area contributed by atoms with Crippen LogP contribution in [0.25, 0.3) is 0 Å². The molecular weight excluding hydrogens is 128 g/mol. The Bertz CT molecular complexity index is 142. The number of hydrogen-bond donors (Lipinski definition) is 0. The van der Waals surface area contributed by atoms with E-state index in [2.05, 4.69) is 4.98 Å². The summed E-state index contributed by atoms with van der Waals surface area (Å²) in [6, 6.07) is 0. The number of aromatic nitrogens is 1. The van der Waals surface area contributed by atoms with Gasteiger partial charge in [0.25, 0.3) is 0 Å². The predicted molar refractivity (Wildman–Crippen MR) is 31.8 cm³/mol. The van der Waals surface area contributed by atoms with Gasteiger partial charge in [0.15, 0.2) is 0 Å². The van der Waals surface area contributed by atoms with Gasteiger partial charge in [0.2, 0.25) is 0 Å². The highest BCUT2D eigenvalue weighted by atomic mass is 35.5. The summed E-state index contributed by atoms with van der Waals surface area (Å²) >= 11 is 5.52. The van der Waals surface area contributed by atoms with E-state index in [9.17, 15) is 0 Å². The minimum atomic E-state index is 0.780. The molecule has 0 amide bonds. The topological polar surface area (TPSA) is 12.9 Å². The van der Waals surface area contributed by atoms with E-state index in [0.29, 0.717) is 0 Å². The summed E-state index contributed by atoms with van der Waals surface area (Å²) in [4.78, 5) is 3.78. The second kappa shape index (κ2) is 2.25. The molecule has 0 atom stereocenters. The number of hydrogen-bond acceptors (Lipinski definition) is 1. The summed E-state index contributed by atoms with van der Waals surface area (Å²) in [5.41, 5.74) is 0. The van der Waals surface area contributed by atoms with E-state index in [-0.39, 0.29) is 0 Å². The maximum Gasteiger partial charge on any atom is 0.0858 e. The second-order valence-electron chi connectivity index (χ2n) is 1.03. The van der Waals surface area contributed by atoms with Crippen molar-refractivity contribution in [3.05, 3.63) is 22.9 Å². The smallest absolute Gasteiger partial charge is 0.0858 e. The van der Waals surface area contributed by atoms with Gasteiger partial charge in [0.1, 0.15) is 0 Å². The van der Waals surface area contributed by atoms with Crippen LogP contribution >= 0.6 is 19.8 Å². The molecule has 7 heavy (non-hydrogen) atoms. The monoisotopic (exact) mass is 131 g/mol. The number of nitrogens with zero attached hydrogens (tertiary/aromatic N) is 1. The van der Waals surface area contributed by atoms with Crippen LogP contribution in [0.2, 0.25) is 4.75 Å². The van der Waals surface area contributed by atoms with Crippen LogP contribution < -0.4 is 0 Å². The van der Waals surface area contributed by atoms with Gasteiger partial charge in [-0.25, -0.2) is 0 Å². The van der Waals surface area contributed by atoms with Gasteiger partial charge in [-0.15, -0.1) is 0 Å². The van der Waals surface area contributed by atoms with Crippen molar-refractivity contribution < 1.29 is 0 Å². The Morgan fingerprint density at radius 2 is 2.57 bits per heavy atom. The zero-order valence-corrected chi connectivity index (χ0v) is 5.15. The molecule has 3 heteroatoms. The normalized spacial score (nSPS) is 9.86. The minimum Gasteiger partial charge on any atom is -0.262 e. The van der Waals surface area contributed by atoms with Crippen molar-refractivity contribution in [3.8, 4) is 0 Å². The van der Waals surface area contributed by atoms with E-state index in [1.807, 2.05) is 5.80 Å². The highest BCUT2D eigenvalue weighted by Crippen LogP contribution is 2.15. The van der Waals surface area contributed by atoms with Gasteiger partial charge in [-0.2, -0.15) is 0 Å². The zero-order chi connectivity index (χ0) is 5.11. The first-order valence-electron chi connectivity index (χ1n) is 1.81. The molecule has 0 saturated carbocycles. The SMILES string of the molecule is Clc1cnccp1. The van der Waals surface area contributed by atoms with E-state index in [4.69, 9.17) is 11.6 Å². The summed E-state index contributed by atoms with van der Waals surface area (Å²) in [6.45, 7) is 0. The first-order chi connectivity index (χ1) is 3.39. The number of halogens is 1. The second-order valence-corrected chi connectivity index (χ2v) is 2.74. The van der Waals surface area contributed by atoms with E-state index in [1.54, 1.807) is 12.4 Å². The van der Waals surface area contributed by atoms with Crippen molar-refractivity contribution in [1.29, 1.82) is 0 Å². The maximum absolute atomic E-state index is 5.52. The molecule has 0 unspecified atom stereocenters. The fourth-order valence-corrected chi connectivity index (χ4v) is 0.926. The summed E-state index contributed by atoms with van der Waals surface area (Å²) in [7, 11) is 1.05. The average Bonchev–Trinajstić information content (AvgIpc) is 1.69. The Morgan fingerprint density at radius 3 is 2.86 bits per heavy atom. The first-order valence-corrected chi connectivity index (χ1v) is 3.15. The Morgan fingerprint density at radius 1 is 1.71 bits per heavy atom. The molecule has 0 spiro atoms. The van der Waals surface area contributed by atoms with Crippen LogP contribution in [0.15, 0.2) is 18.2 Å². The molecule has 1 rings (SSSR count). The Kier molecular flexibility index (Phi) is 1.61. The van der Waals surface area contributed by atoms with E-state index in [0.717, 1.165) is 12.9 Å². The Hall–Kier alpha value is -0.130. The summed E-state index contributed by atoms with van der Waals surface area (Å²) in [5, 5.41) is 0. The van der Waals surface area contributed by atoms with Crippen LogP contribution in [0.3, 0.4) is 0 Å². The molecule has 36 valence electrons. The molecular formula is C4H3ClNP. The summed E-state index contributed by atoms with van der Waals surface area (Å²) < 4.78 is 0.780. The largest absolute Gasteiger partial charge is 0.262 e. The van der Waals surface area contributed by atoms with Crippen molar-refractivity contribution in [1.82, 2.24) is 4.98 Å². The van der Waals surface area contributed by atoms with Gasteiger partial charge in [0.05, 0.1) is 11.0 Å². The lowest BCUT2D eigenvalue weighted by Crippen LogP contribution is -1.58. The Labute approximate surface area is 48.5 Å². The van der Waals surface area contributed by atoms with Crippen molar-refractivity contribution in [2.45, 2.75) is 0 Å². The minimum absolute atomic E-state index is 0.780. The third-order valence-electron chi connectivity index (χ3n) is 0.532. The third kappa shape index (κ3) is 1.42. The molecule has 0 radical (unpaired) electrons. The van der Waals surface area contributed by atoms with Crippen LogP contribution in [0.4, 0.5) is 0 Å². The first kappa shape index (κ1) is 5.02. The lowest BCUT2D eigenvalue weighted by atomic mass is 10.9. The van der Waals surface area contributed by atoms with E-state index < -0.39 is 0 Å². The highest BCUT2D eigenvalue weighted by Gasteiger charge is 1.77. The predicted octanol–water partition coefficient (Wildman–Crippen LogP) is 2.32. The molecule has 0 saturated heterocycles. The van der Waals surface area contributed by atoms with Crippen molar-refractivity contribution >= 4 is 19.8 Å². The van der Waals surface area contributed by atoms with Crippen LogP contribution in [-0.2, 0) is 0 Å². The lowest BCUT2D eigenvalue weighted by Gasteiger charge is -1.78. The van der Waals surface area contributed by atoms with Gasteiger partial charge >= 0.3 is 0 Å². The molecule has 0 aliphatic heterocycles. The molecule has 1 aromatic heterocycles. The molecule has 1 nitrogen and oxygen atoms in total. The van der Waals surface area contributed by atoms with Gasteiger partial charge < -0.3 is 0 Å². The van der Waals surface area contributed by atoms with Crippen LogP contribution in [0.1, 0.15) is 0 Å². The fourth-order valence-electron chi connectivity index (χ4n) is 0.281. The van der Waals surface area contributed by atoms with Crippen LogP contribution in [0, 0.1) is 0 Å². The van der Waals surface area contributed by atoms with Crippen molar-refractivity contribution in [2.24, 2.45) is 0 Å². The summed E-state index contributed by atoms with van der Waals surface area (Å²) in [5.74, 6) is 1.89. The van der Waals surface area contributed by atoms with E-state index >= 15 is 0 Å². The van der Waals surface area contributed by atoms with Gasteiger partial charge in [-0.05, 0) is 5.80 Å². The lowest BCUT2D eigenvalue weighted by molar-refractivity contribution is 1.37. The summed E-state index contributed by atoms with van der Waals surface area (Å²) in [6.07, 6.45) is 3.37. The maximum atomic E-state index is 5.52. The molecule has 0 aliphatic rings. The van der Waals surface area contributed by atoms with Crippen LogP contribution in [-0.4, -0.2) is 4.98 Å². The van der Waals surface area contributed by atoms with Crippen molar-refractivity contribution in [3.63, 3.8) is 0 Å². The molecule has 1 aromatic rings. The van der Waals surface area contributed by atoms with Gasteiger partial charge in [-0.3, -0.25) is 4.98 Å².